The fourth-order valence-corrected chi connectivity index (χ4v) is 6.68. The zero-order valence-electron chi connectivity index (χ0n) is 25.5. The van der Waals surface area contributed by atoms with Gasteiger partial charge in [-0.1, -0.05) is 60.7 Å². The molecule has 2 heterocycles. The van der Waals surface area contributed by atoms with Crippen LogP contribution in [0.2, 0.25) is 0 Å². The zero-order valence-corrected chi connectivity index (χ0v) is 25.5. The van der Waals surface area contributed by atoms with Crippen molar-refractivity contribution < 1.29 is 0 Å². The van der Waals surface area contributed by atoms with Gasteiger partial charge in [0.05, 0.1) is 22.1 Å². The predicted molar refractivity (Wildman–Crippen MR) is 189 cm³/mol. The molecular formula is C40H34N4. The molecule has 0 radical (unpaired) electrons. The molecule has 214 valence electrons. The quantitative estimate of drug-likeness (QED) is 0.205. The Balaban J connectivity index is 1.32. The average Bonchev–Trinajstić information content (AvgIpc) is 3.57. The number of fused-ring (bicyclic) bond motifs is 6. The molecule has 0 N–H and O–H groups in total. The molecule has 0 aliphatic carbocycles. The van der Waals surface area contributed by atoms with Crippen molar-refractivity contribution in [3.63, 3.8) is 0 Å². The molecule has 0 aliphatic heterocycles. The van der Waals surface area contributed by atoms with E-state index in [2.05, 4.69) is 181 Å². The number of hydrogen-bond donors (Lipinski definition) is 0. The molecule has 2 aromatic heterocycles. The molecule has 0 spiro atoms. The standard InChI is InChI=1S/C40H34N4/c1-41(2)29-11-9-13-31(25-29)43-37-17-7-5-15-33(37)35-23-27(19-21-39(35)43)28-20-22-40-36(24-28)34-16-6-8-18-38(34)44(40)32-14-10-12-30(26-32)42(3)4/h5-26H,1-4H3. The van der Waals surface area contributed by atoms with Gasteiger partial charge in [0.15, 0.2) is 0 Å². The van der Waals surface area contributed by atoms with Gasteiger partial charge in [0.1, 0.15) is 0 Å². The molecular weight excluding hydrogens is 536 g/mol. The SMILES string of the molecule is CN(C)c1cccc(-n2c3ccccc3c3cc(-c4ccc5c(c4)c4ccccc4n5-c4cccc(N(C)C)c4)ccc32)c1. The van der Waals surface area contributed by atoms with Crippen molar-refractivity contribution in [2.45, 2.75) is 0 Å². The highest BCUT2D eigenvalue weighted by Crippen LogP contribution is 2.38. The fourth-order valence-electron chi connectivity index (χ4n) is 6.68. The molecule has 0 atom stereocenters. The van der Waals surface area contributed by atoms with E-state index < -0.39 is 0 Å². The van der Waals surface area contributed by atoms with Gasteiger partial charge < -0.3 is 18.9 Å². The molecule has 0 bridgehead atoms. The summed E-state index contributed by atoms with van der Waals surface area (Å²) in [6.07, 6.45) is 0. The molecule has 8 rings (SSSR count). The van der Waals surface area contributed by atoms with Crippen LogP contribution in [0.5, 0.6) is 0 Å². The van der Waals surface area contributed by atoms with Crippen LogP contribution in [0.4, 0.5) is 11.4 Å². The Hall–Kier alpha value is -5.48. The molecule has 44 heavy (non-hydrogen) atoms. The van der Waals surface area contributed by atoms with Crippen molar-refractivity contribution in [2.75, 3.05) is 38.0 Å². The number of rotatable bonds is 5. The maximum absolute atomic E-state index is 2.39. The van der Waals surface area contributed by atoms with Crippen LogP contribution < -0.4 is 9.80 Å². The maximum Gasteiger partial charge on any atom is 0.0541 e. The van der Waals surface area contributed by atoms with E-state index in [4.69, 9.17) is 0 Å². The lowest BCUT2D eigenvalue weighted by atomic mass is 10.0. The number of benzene rings is 6. The summed E-state index contributed by atoms with van der Waals surface area (Å²) in [5.41, 5.74) is 12.0. The first-order valence-corrected chi connectivity index (χ1v) is 15.1. The summed E-state index contributed by atoms with van der Waals surface area (Å²) >= 11 is 0. The maximum atomic E-state index is 2.39. The van der Waals surface area contributed by atoms with Gasteiger partial charge in [-0.05, 0) is 83.9 Å². The van der Waals surface area contributed by atoms with Crippen molar-refractivity contribution >= 4 is 55.0 Å². The second-order valence-electron chi connectivity index (χ2n) is 12.0. The van der Waals surface area contributed by atoms with Gasteiger partial charge in [-0.3, -0.25) is 0 Å². The van der Waals surface area contributed by atoms with Crippen molar-refractivity contribution in [3.05, 3.63) is 133 Å². The van der Waals surface area contributed by atoms with Crippen LogP contribution in [0, 0.1) is 0 Å². The van der Waals surface area contributed by atoms with Gasteiger partial charge in [0.2, 0.25) is 0 Å². The summed E-state index contributed by atoms with van der Waals surface area (Å²) in [5.74, 6) is 0. The van der Waals surface area contributed by atoms with E-state index >= 15 is 0 Å². The first-order valence-electron chi connectivity index (χ1n) is 15.1. The molecule has 0 unspecified atom stereocenters. The molecule has 4 nitrogen and oxygen atoms in total. The molecule has 6 aromatic carbocycles. The van der Waals surface area contributed by atoms with Crippen molar-refractivity contribution in [1.29, 1.82) is 0 Å². The van der Waals surface area contributed by atoms with Crippen LogP contribution >= 0.6 is 0 Å². The van der Waals surface area contributed by atoms with Crippen LogP contribution in [-0.2, 0) is 0 Å². The predicted octanol–water partition coefficient (Wildman–Crippen LogP) is 9.68. The normalized spacial score (nSPS) is 11.6. The highest BCUT2D eigenvalue weighted by Gasteiger charge is 2.16. The third-order valence-corrected chi connectivity index (χ3v) is 8.89. The number of aromatic nitrogens is 2. The Kier molecular flexibility index (Phi) is 5.98. The third kappa shape index (κ3) is 4.06. The molecule has 0 aliphatic rings. The molecule has 0 fully saturated rings. The van der Waals surface area contributed by atoms with E-state index in [1.807, 2.05) is 0 Å². The monoisotopic (exact) mass is 570 g/mol. The Morgan fingerprint density at radius 1 is 0.364 bits per heavy atom. The summed E-state index contributed by atoms with van der Waals surface area (Å²) in [6.45, 7) is 0. The van der Waals surface area contributed by atoms with E-state index in [0.717, 1.165) is 0 Å². The lowest BCUT2D eigenvalue weighted by Crippen LogP contribution is -2.09. The average molecular weight is 571 g/mol. The Bertz CT molecular complexity index is 2180. The number of nitrogens with zero attached hydrogens (tertiary/aromatic N) is 4. The minimum Gasteiger partial charge on any atom is -0.378 e. The second kappa shape index (κ2) is 10.1. The number of hydrogen-bond acceptors (Lipinski definition) is 2. The summed E-state index contributed by atoms with van der Waals surface area (Å²) in [5, 5.41) is 5.05. The van der Waals surface area contributed by atoms with Crippen LogP contribution in [0.3, 0.4) is 0 Å². The summed E-state index contributed by atoms with van der Waals surface area (Å²) in [6, 6.07) is 48.8. The Labute approximate surface area is 257 Å². The summed E-state index contributed by atoms with van der Waals surface area (Å²) in [4.78, 5) is 4.31. The summed E-state index contributed by atoms with van der Waals surface area (Å²) in [7, 11) is 8.36. The van der Waals surface area contributed by atoms with Gasteiger partial charge in [0, 0.05) is 72.5 Å². The van der Waals surface area contributed by atoms with Gasteiger partial charge in [-0.2, -0.15) is 0 Å². The van der Waals surface area contributed by atoms with Crippen molar-refractivity contribution in [2.24, 2.45) is 0 Å². The van der Waals surface area contributed by atoms with Crippen molar-refractivity contribution in [1.82, 2.24) is 9.13 Å². The molecule has 0 saturated heterocycles. The summed E-state index contributed by atoms with van der Waals surface area (Å²) < 4.78 is 4.78. The highest BCUT2D eigenvalue weighted by molar-refractivity contribution is 6.12. The highest BCUT2D eigenvalue weighted by atomic mass is 15.1. The lowest BCUT2D eigenvalue weighted by molar-refractivity contribution is 1.11. The fraction of sp³-hybridized carbons (Fsp3) is 0.100. The molecule has 0 saturated carbocycles. The third-order valence-electron chi connectivity index (χ3n) is 8.89. The van der Waals surface area contributed by atoms with E-state index in [0.29, 0.717) is 0 Å². The van der Waals surface area contributed by atoms with E-state index in [9.17, 15) is 0 Å². The Morgan fingerprint density at radius 2 is 0.773 bits per heavy atom. The van der Waals surface area contributed by atoms with Gasteiger partial charge in [0.25, 0.3) is 0 Å². The lowest BCUT2D eigenvalue weighted by Gasteiger charge is -2.15. The molecule has 4 heteroatoms. The van der Waals surface area contributed by atoms with Gasteiger partial charge >= 0.3 is 0 Å². The molecule has 0 amide bonds. The minimum absolute atomic E-state index is 1.17. The van der Waals surface area contributed by atoms with E-state index in [-0.39, 0.29) is 0 Å². The number of anilines is 2. The second-order valence-corrected chi connectivity index (χ2v) is 12.0. The number of para-hydroxylation sites is 2. The smallest absolute Gasteiger partial charge is 0.0541 e. The molecule has 8 aromatic rings. The zero-order chi connectivity index (χ0) is 29.9. The van der Waals surface area contributed by atoms with Gasteiger partial charge in [-0.25, -0.2) is 0 Å². The van der Waals surface area contributed by atoms with Crippen LogP contribution in [-0.4, -0.2) is 37.3 Å². The largest absolute Gasteiger partial charge is 0.378 e. The van der Waals surface area contributed by atoms with Crippen LogP contribution in [0.25, 0.3) is 66.1 Å². The van der Waals surface area contributed by atoms with E-state index in [1.165, 1.54) is 77.5 Å². The van der Waals surface area contributed by atoms with Crippen LogP contribution in [0.1, 0.15) is 0 Å². The topological polar surface area (TPSA) is 16.3 Å². The van der Waals surface area contributed by atoms with Gasteiger partial charge in [-0.15, -0.1) is 0 Å². The Morgan fingerprint density at radius 3 is 1.20 bits per heavy atom. The van der Waals surface area contributed by atoms with Crippen molar-refractivity contribution in [3.8, 4) is 22.5 Å². The minimum atomic E-state index is 1.17. The van der Waals surface area contributed by atoms with Crippen LogP contribution in [0.15, 0.2) is 133 Å². The first-order chi connectivity index (χ1) is 21.5. The van der Waals surface area contributed by atoms with E-state index in [1.54, 1.807) is 0 Å². The first kappa shape index (κ1) is 26.2.